The minimum Gasteiger partial charge on any atom is -0.487 e. The summed E-state index contributed by atoms with van der Waals surface area (Å²) in [6.07, 6.45) is 0. The van der Waals surface area contributed by atoms with Crippen molar-refractivity contribution in [3.8, 4) is 5.75 Å². The molecule has 0 unspecified atom stereocenters. The molecule has 0 atom stereocenters. The molecular formula is C14H13ClN2O3. The summed E-state index contributed by atoms with van der Waals surface area (Å²) in [5.74, 6) is 0.467. The molecule has 20 heavy (non-hydrogen) atoms. The van der Waals surface area contributed by atoms with E-state index in [2.05, 4.69) is 0 Å². The molecule has 0 fully saturated rings. The Labute approximate surface area is 121 Å². The van der Waals surface area contributed by atoms with Crippen molar-refractivity contribution in [2.45, 2.75) is 13.2 Å². The van der Waals surface area contributed by atoms with Crippen molar-refractivity contribution < 1.29 is 9.66 Å². The molecule has 0 aromatic heterocycles. The third kappa shape index (κ3) is 3.07. The van der Waals surface area contributed by atoms with Crippen LogP contribution in [0.15, 0.2) is 42.5 Å². The molecule has 2 N–H and O–H groups in total. The largest absolute Gasteiger partial charge is 0.487 e. The van der Waals surface area contributed by atoms with Gasteiger partial charge in [0.15, 0.2) is 0 Å². The smallest absolute Gasteiger partial charge is 0.276 e. The van der Waals surface area contributed by atoms with Crippen molar-refractivity contribution in [2.75, 3.05) is 0 Å². The Morgan fingerprint density at radius 1 is 1.15 bits per heavy atom. The number of hydrogen-bond acceptors (Lipinski definition) is 4. The van der Waals surface area contributed by atoms with E-state index in [0.717, 1.165) is 5.56 Å². The predicted octanol–water partition coefficient (Wildman–Crippen LogP) is 3.29. The highest BCUT2D eigenvalue weighted by atomic mass is 35.5. The first-order valence-electron chi connectivity index (χ1n) is 5.96. The maximum absolute atomic E-state index is 10.9. The van der Waals surface area contributed by atoms with E-state index < -0.39 is 4.92 Å². The van der Waals surface area contributed by atoms with E-state index in [1.807, 2.05) is 0 Å². The van der Waals surface area contributed by atoms with Gasteiger partial charge in [0.05, 0.1) is 15.5 Å². The van der Waals surface area contributed by atoms with Gasteiger partial charge in [-0.1, -0.05) is 35.9 Å². The fraction of sp³-hybridized carbons (Fsp3) is 0.143. The van der Waals surface area contributed by atoms with Crippen LogP contribution < -0.4 is 10.5 Å². The highest BCUT2D eigenvalue weighted by Crippen LogP contribution is 2.30. The lowest BCUT2D eigenvalue weighted by molar-refractivity contribution is -0.385. The van der Waals surface area contributed by atoms with E-state index in [0.29, 0.717) is 16.3 Å². The number of ether oxygens (including phenoxy) is 1. The molecule has 0 bridgehead atoms. The lowest BCUT2D eigenvalue weighted by Gasteiger charge is -2.12. The Bertz CT molecular complexity index is 632. The van der Waals surface area contributed by atoms with Crippen LogP contribution in [0.3, 0.4) is 0 Å². The molecule has 2 rings (SSSR count). The van der Waals surface area contributed by atoms with Gasteiger partial charge < -0.3 is 10.5 Å². The minimum absolute atomic E-state index is 0.0221. The predicted molar refractivity (Wildman–Crippen MR) is 76.8 cm³/mol. The molecule has 0 heterocycles. The summed E-state index contributed by atoms with van der Waals surface area (Å²) in [5, 5.41) is 11.4. The summed E-state index contributed by atoms with van der Waals surface area (Å²) >= 11 is 6.06. The van der Waals surface area contributed by atoms with Gasteiger partial charge in [-0.05, 0) is 12.1 Å². The number of benzene rings is 2. The van der Waals surface area contributed by atoms with Crippen LogP contribution in [0.25, 0.3) is 0 Å². The highest BCUT2D eigenvalue weighted by Gasteiger charge is 2.14. The van der Waals surface area contributed by atoms with Crippen LogP contribution in [-0.2, 0) is 13.2 Å². The summed E-state index contributed by atoms with van der Waals surface area (Å²) < 4.78 is 5.62. The van der Waals surface area contributed by atoms with Gasteiger partial charge in [-0.2, -0.15) is 0 Å². The van der Waals surface area contributed by atoms with E-state index in [4.69, 9.17) is 22.1 Å². The molecule has 6 heteroatoms. The number of nitro benzene ring substituents is 1. The molecule has 0 saturated heterocycles. The molecule has 0 aliphatic heterocycles. The standard InChI is InChI=1S/C14H13ClN2O3/c15-12-6-3-5-10(8-16)14(12)20-9-11-4-1-2-7-13(11)17(18)19/h1-7H,8-9,16H2. The van der Waals surface area contributed by atoms with Crippen LogP contribution in [-0.4, -0.2) is 4.92 Å². The molecule has 0 amide bonds. The van der Waals surface area contributed by atoms with E-state index in [-0.39, 0.29) is 18.8 Å². The maximum atomic E-state index is 10.9. The number of nitrogens with two attached hydrogens (primary N) is 1. The molecule has 0 spiro atoms. The Morgan fingerprint density at radius 3 is 2.55 bits per heavy atom. The SMILES string of the molecule is NCc1cccc(Cl)c1OCc1ccccc1[N+](=O)[O-]. The van der Waals surface area contributed by atoms with Gasteiger partial charge in [0, 0.05) is 18.2 Å². The molecule has 0 aliphatic rings. The first-order valence-corrected chi connectivity index (χ1v) is 6.34. The van der Waals surface area contributed by atoms with Crippen molar-refractivity contribution in [3.63, 3.8) is 0 Å². The summed E-state index contributed by atoms with van der Waals surface area (Å²) in [6, 6.07) is 11.7. The summed E-state index contributed by atoms with van der Waals surface area (Å²) in [4.78, 5) is 10.5. The van der Waals surface area contributed by atoms with Crippen molar-refractivity contribution in [2.24, 2.45) is 5.73 Å². The highest BCUT2D eigenvalue weighted by molar-refractivity contribution is 6.32. The number of para-hydroxylation sites is 2. The van der Waals surface area contributed by atoms with Crippen LogP contribution in [0, 0.1) is 10.1 Å². The van der Waals surface area contributed by atoms with Crippen LogP contribution in [0.4, 0.5) is 5.69 Å². The fourth-order valence-electron chi connectivity index (χ4n) is 1.84. The topological polar surface area (TPSA) is 78.4 Å². The van der Waals surface area contributed by atoms with Gasteiger partial charge in [-0.25, -0.2) is 0 Å². The van der Waals surface area contributed by atoms with E-state index >= 15 is 0 Å². The summed E-state index contributed by atoms with van der Waals surface area (Å²) in [5.41, 5.74) is 6.89. The van der Waals surface area contributed by atoms with Crippen LogP contribution in [0.5, 0.6) is 5.75 Å². The van der Waals surface area contributed by atoms with Crippen molar-refractivity contribution in [1.29, 1.82) is 0 Å². The average Bonchev–Trinajstić information content (AvgIpc) is 2.46. The molecule has 2 aromatic carbocycles. The summed E-state index contributed by atoms with van der Waals surface area (Å²) in [7, 11) is 0. The van der Waals surface area contributed by atoms with E-state index in [1.54, 1.807) is 36.4 Å². The number of hydrogen-bond donors (Lipinski definition) is 1. The molecule has 104 valence electrons. The number of halogens is 1. The second-order valence-corrected chi connectivity index (χ2v) is 4.51. The normalized spacial score (nSPS) is 10.3. The second kappa shape index (κ2) is 6.36. The van der Waals surface area contributed by atoms with Crippen LogP contribution >= 0.6 is 11.6 Å². The van der Waals surface area contributed by atoms with Crippen molar-refractivity contribution >= 4 is 17.3 Å². The molecular weight excluding hydrogens is 280 g/mol. The van der Waals surface area contributed by atoms with Gasteiger partial charge in [0.1, 0.15) is 12.4 Å². The molecule has 2 aromatic rings. The maximum Gasteiger partial charge on any atom is 0.276 e. The van der Waals surface area contributed by atoms with Gasteiger partial charge in [-0.15, -0.1) is 0 Å². The third-order valence-corrected chi connectivity index (χ3v) is 3.13. The number of nitro groups is 1. The molecule has 0 aliphatic carbocycles. The zero-order valence-electron chi connectivity index (χ0n) is 10.6. The van der Waals surface area contributed by atoms with E-state index in [1.165, 1.54) is 6.07 Å². The van der Waals surface area contributed by atoms with Gasteiger partial charge in [0.2, 0.25) is 0 Å². The van der Waals surface area contributed by atoms with Crippen LogP contribution in [0.1, 0.15) is 11.1 Å². The summed E-state index contributed by atoms with van der Waals surface area (Å²) in [6.45, 7) is 0.348. The number of rotatable bonds is 5. The van der Waals surface area contributed by atoms with Gasteiger partial charge in [0.25, 0.3) is 5.69 Å². The Morgan fingerprint density at radius 2 is 1.85 bits per heavy atom. The van der Waals surface area contributed by atoms with Gasteiger partial charge >= 0.3 is 0 Å². The van der Waals surface area contributed by atoms with Gasteiger partial charge in [-0.3, -0.25) is 10.1 Å². The average molecular weight is 293 g/mol. The Kier molecular flexibility index (Phi) is 4.55. The van der Waals surface area contributed by atoms with Crippen molar-refractivity contribution in [3.05, 3.63) is 68.7 Å². The first kappa shape index (κ1) is 14.3. The fourth-order valence-corrected chi connectivity index (χ4v) is 2.09. The number of nitrogens with zero attached hydrogens (tertiary/aromatic N) is 1. The lowest BCUT2D eigenvalue weighted by Crippen LogP contribution is -2.04. The minimum atomic E-state index is -0.435. The van der Waals surface area contributed by atoms with Crippen molar-refractivity contribution in [1.82, 2.24) is 0 Å². The Hall–Kier alpha value is -2.11. The van der Waals surface area contributed by atoms with E-state index in [9.17, 15) is 10.1 Å². The van der Waals surface area contributed by atoms with Crippen LogP contribution in [0.2, 0.25) is 5.02 Å². The molecule has 0 saturated carbocycles. The quantitative estimate of drug-likeness (QED) is 0.677. The Balaban J connectivity index is 2.24. The molecule has 5 nitrogen and oxygen atoms in total. The lowest BCUT2D eigenvalue weighted by atomic mass is 10.2. The first-order chi connectivity index (χ1) is 9.63. The second-order valence-electron chi connectivity index (χ2n) is 4.11. The zero-order chi connectivity index (χ0) is 14.5. The monoisotopic (exact) mass is 292 g/mol. The third-order valence-electron chi connectivity index (χ3n) is 2.83. The molecule has 0 radical (unpaired) electrons. The zero-order valence-corrected chi connectivity index (χ0v) is 11.3.